The second kappa shape index (κ2) is 14.5. The zero-order valence-electron chi connectivity index (χ0n) is 24.2. The molecular weight excluding hydrogens is 542 g/mol. The van der Waals surface area contributed by atoms with Gasteiger partial charge in [-0.15, -0.1) is 0 Å². The van der Waals surface area contributed by atoms with Gasteiger partial charge in [0.05, 0.1) is 24.3 Å². The van der Waals surface area contributed by atoms with E-state index in [1.165, 1.54) is 17.0 Å². The first kappa shape index (κ1) is 31.5. The number of ether oxygens (including phenoxy) is 2. The average molecular weight is 582 g/mol. The van der Waals surface area contributed by atoms with Crippen LogP contribution in [-0.2, 0) is 26.2 Å². The van der Waals surface area contributed by atoms with E-state index in [9.17, 15) is 18.0 Å². The molecule has 220 valence electrons. The van der Waals surface area contributed by atoms with Crippen LogP contribution in [0.3, 0.4) is 0 Å². The van der Waals surface area contributed by atoms with Crippen molar-refractivity contribution in [1.29, 1.82) is 0 Å². The lowest BCUT2D eigenvalue weighted by atomic mass is 10.1. The molecule has 2 atom stereocenters. The molecule has 0 spiro atoms. The number of sulfonamides is 1. The molecular formula is C31H39N3O6S. The highest BCUT2D eigenvalue weighted by molar-refractivity contribution is 7.92. The second-order valence-electron chi connectivity index (χ2n) is 9.62. The lowest BCUT2D eigenvalue weighted by Gasteiger charge is -2.32. The molecule has 3 aromatic carbocycles. The standard InChI is InChI=1S/C31H39N3O6S/c1-6-23(3)32-31(36)24(4)33(21-25-13-15-27(39-5)16-14-25)30(35)22-34(26-11-9-8-10-12-26)41(37,38)29-19-17-28(18-20-29)40-7-2/h8-20,23-24H,6-7,21-22H2,1-5H3,(H,32,36)/t23-,24-/m1/s1. The molecule has 0 bridgehead atoms. The molecule has 0 radical (unpaired) electrons. The van der Waals surface area contributed by atoms with Gasteiger partial charge in [0.15, 0.2) is 0 Å². The number of rotatable bonds is 14. The number of hydrogen-bond donors (Lipinski definition) is 1. The van der Waals surface area contributed by atoms with Crippen molar-refractivity contribution < 1.29 is 27.5 Å². The molecule has 10 heteroatoms. The minimum Gasteiger partial charge on any atom is -0.497 e. The third-order valence-electron chi connectivity index (χ3n) is 6.73. The van der Waals surface area contributed by atoms with Gasteiger partial charge in [-0.3, -0.25) is 13.9 Å². The molecule has 0 fully saturated rings. The van der Waals surface area contributed by atoms with E-state index in [4.69, 9.17) is 9.47 Å². The molecule has 0 aromatic heterocycles. The highest BCUT2D eigenvalue weighted by atomic mass is 32.2. The quantitative estimate of drug-likeness (QED) is 0.298. The van der Waals surface area contributed by atoms with E-state index in [0.717, 1.165) is 16.3 Å². The summed E-state index contributed by atoms with van der Waals surface area (Å²) in [6.45, 7) is 7.38. The molecule has 0 aliphatic heterocycles. The van der Waals surface area contributed by atoms with Gasteiger partial charge in [0.25, 0.3) is 10.0 Å². The zero-order valence-corrected chi connectivity index (χ0v) is 25.1. The van der Waals surface area contributed by atoms with Crippen molar-refractivity contribution in [2.45, 2.75) is 57.6 Å². The summed E-state index contributed by atoms with van der Waals surface area (Å²) in [6, 6.07) is 20.7. The summed E-state index contributed by atoms with van der Waals surface area (Å²) in [7, 11) is -2.59. The number of amides is 2. The summed E-state index contributed by atoms with van der Waals surface area (Å²) in [5.41, 5.74) is 1.10. The monoisotopic (exact) mass is 581 g/mol. The van der Waals surface area contributed by atoms with Crippen LogP contribution in [0.2, 0.25) is 0 Å². The maximum absolute atomic E-state index is 14.0. The van der Waals surface area contributed by atoms with Crippen LogP contribution in [0.4, 0.5) is 5.69 Å². The van der Waals surface area contributed by atoms with Gasteiger partial charge in [0.2, 0.25) is 11.8 Å². The molecule has 1 N–H and O–H groups in total. The first-order valence-corrected chi connectivity index (χ1v) is 15.1. The van der Waals surface area contributed by atoms with Crippen molar-refractivity contribution in [2.75, 3.05) is 24.6 Å². The van der Waals surface area contributed by atoms with Crippen molar-refractivity contribution in [3.05, 3.63) is 84.4 Å². The Bertz CT molecular complexity index is 1380. The van der Waals surface area contributed by atoms with E-state index < -0.39 is 28.5 Å². The van der Waals surface area contributed by atoms with Crippen LogP contribution in [0, 0.1) is 0 Å². The SMILES string of the molecule is CCOc1ccc(S(=O)(=O)N(CC(=O)N(Cc2ccc(OC)cc2)[C@H](C)C(=O)N[C@H](C)CC)c2ccccc2)cc1. The van der Waals surface area contributed by atoms with E-state index in [2.05, 4.69) is 5.32 Å². The second-order valence-corrected chi connectivity index (χ2v) is 11.5. The highest BCUT2D eigenvalue weighted by Crippen LogP contribution is 2.26. The van der Waals surface area contributed by atoms with Crippen molar-refractivity contribution in [2.24, 2.45) is 0 Å². The minimum atomic E-state index is -4.15. The van der Waals surface area contributed by atoms with Gasteiger partial charge in [-0.2, -0.15) is 0 Å². The van der Waals surface area contributed by atoms with Gasteiger partial charge in [-0.05, 0) is 81.3 Å². The fourth-order valence-corrected chi connectivity index (χ4v) is 5.51. The third kappa shape index (κ3) is 8.23. The predicted octanol–water partition coefficient (Wildman–Crippen LogP) is 4.62. The van der Waals surface area contributed by atoms with Crippen molar-refractivity contribution in [3.63, 3.8) is 0 Å². The summed E-state index contributed by atoms with van der Waals surface area (Å²) < 4.78 is 39.6. The van der Waals surface area contributed by atoms with E-state index in [0.29, 0.717) is 23.8 Å². The Morgan fingerprint density at radius 1 is 0.878 bits per heavy atom. The van der Waals surface area contributed by atoms with Crippen LogP contribution in [0.25, 0.3) is 0 Å². The molecule has 0 aliphatic rings. The lowest BCUT2D eigenvalue weighted by Crippen LogP contribution is -2.52. The maximum Gasteiger partial charge on any atom is 0.264 e. The molecule has 0 saturated carbocycles. The summed E-state index contributed by atoms with van der Waals surface area (Å²) in [4.78, 5) is 28.5. The molecule has 2 amide bonds. The number of carbonyl (C=O) groups excluding carboxylic acids is 2. The average Bonchev–Trinajstić information content (AvgIpc) is 2.99. The molecule has 0 aliphatic carbocycles. The normalized spacial score (nSPS) is 12.6. The Hall–Kier alpha value is -4.05. The fraction of sp³-hybridized carbons (Fsp3) is 0.355. The number of methoxy groups -OCH3 is 1. The molecule has 0 heterocycles. The number of anilines is 1. The van der Waals surface area contributed by atoms with Crippen LogP contribution in [0.5, 0.6) is 11.5 Å². The van der Waals surface area contributed by atoms with Crippen LogP contribution in [0.1, 0.15) is 39.7 Å². The Morgan fingerprint density at radius 2 is 1.49 bits per heavy atom. The van der Waals surface area contributed by atoms with E-state index in [1.807, 2.05) is 32.9 Å². The number of benzene rings is 3. The van der Waals surface area contributed by atoms with E-state index in [1.54, 1.807) is 68.6 Å². The number of para-hydroxylation sites is 1. The van der Waals surface area contributed by atoms with Crippen LogP contribution in [0.15, 0.2) is 83.8 Å². The summed E-state index contributed by atoms with van der Waals surface area (Å²) in [5.74, 6) is 0.360. The van der Waals surface area contributed by atoms with E-state index in [-0.39, 0.29) is 23.4 Å². The Morgan fingerprint density at radius 3 is 2.05 bits per heavy atom. The summed E-state index contributed by atoms with van der Waals surface area (Å²) in [5, 5.41) is 2.93. The van der Waals surface area contributed by atoms with E-state index >= 15 is 0 Å². The number of nitrogens with zero attached hydrogens (tertiary/aromatic N) is 2. The summed E-state index contributed by atoms with van der Waals surface area (Å²) in [6.07, 6.45) is 0.729. The van der Waals surface area contributed by atoms with Crippen LogP contribution >= 0.6 is 0 Å². The topological polar surface area (TPSA) is 105 Å². The molecule has 0 unspecified atom stereocenters. The minimum absolute atomic E-state index is 0.0156. The molecule has 3 rings (SSSR count). The van der Waals surface area contributed by atoms with Gasteiger partial charge in [0, 0.05) is 12.6 Å². The maximum atomic E-state index is 14.0. The zero-order chi connectivity index (χ0) is 30.0. The first-order chi connectivity index (χ1) is 19.6. The van der Waals surface area contributed by atoms with Gasteiger partial charge < -0.3 is 19.7 Å². The Kier molecular flexibility index (Phi) is 11.2. The Balaban J connectivity index is 1.98. The predicted molar refractivity (Wildman–Crippen MR) is 159 cm³/mol. The van der Waals surface area contributed by atoms with Gasteiger partial charge >= 0.3 is 0 Å². The smallest absolute Gasteiger partial charge is 0.264 e. The molecule has 3 aromatic rings. The van der Waals surface area contributed by atoms with Crippen molar-refractivity contribution >= 4 is 27.5 Å². The van der Waals surface area contributed by atoms with Gasteiger partial charge in [-0.25, -0.2) is 8.42 Å². The van der Waals surface area contributed by atoms with Gasteiger partial charge in [0.1, 0.15) is 24.1 Å². The number of nitrogens with one attached hydrogen (secondary N) is 1. The fourth-order valence-electron chi connectivity index (χ4n) is 4.10. The molecule has 9 nitrogen and oxygen atoms in total. The summed E-state index contributed by atoms with van der Waals surface area (Å²) >= 11 is 0. The van der Waals surface area contributed by atoms with Crippen LogP contribution in [-0.4, -0.2) is 57.5 Å². The van der Waals surface area contributed by atoms with Crippen LogP contribution < -0.4 is 19.1 Å². The third-order valence-corrected chi connectivity index (χ3v) is 8.51. The van der Waals surface area contributed by atoms with Crippen molar-refractivity contribution in [3.8, 4) is 11.5 Å². The van der Waals surface area contributed by atoms with Gasteiger partial charge in [-0.1, -0.05) is 37.3 Å². The van der Waals surface area contributed by atoms with Crippen molar-refractivity contribution in [1.82, 2.24) is 10.2 Å². The molecule has 0 saturated heterocycles. The molecule has 41 heavy (non-hydrogen) atoms. The number of carbonyl (C=O) groups is 2. The highest BCUT2D eigenvalue weighted by Gasteiger charge is 2.32. The first-order valence-electron chi connectivity index (χ1n) is 13.6. The Labute approximate surface area is 243 Å². The number of hydrogen-bond acceptors (Lipinski definition) is 6. The lowest BCUT2D eigenvalue weighted by molar-refractivity contribution is -0.139. The largest absolute Gasteiger partial charge is 0.497 e.